The van der Waals surface area contributed by atoms with E-state index in [1.54, 1.807) is 12.1 Å². The molecule has 2 rings (SSSR count). The van der Waals surface area contributed by atoms with Crippen LogP contribution in [0.1, 0.15) is 20.8 Å². The van der Waals surface area contributed by atoms with Crippen molar-refractivity contribution in [3.8, 4) is 5.75 Å². The quantitative estimate of drug-likeness (QED) is 0.860. The van der Waals surface area contributed by atoms with E-state index in [4.69, 9.17) is 4.74 Å². The summed E-state index contributed by atoms with van der Waals surface area (Å²) in [6.45, 7) is 5.25. The lowest BCUT2D eigenvalue weighted by atomic mass is 10.1. The summed E-state index contributed by atoms with van der Waals surface area (Å²) in [6, 6.07) is 14.5. The number of benzene rings is 2. The molecule has 2 aromatic rings. The second-order valence-electron chi connectivity index (χ2n) is 6.81. The number of nitrogens with one attached hydrogen (secondary N) is 1. The van der Waals surface area contributed by atoms with Gasteiger partial charge in [-0.05, 0) is 57.2 Å². The van der Waals surface area contributed by atoms with Crippen LogP contribution in [0, 0.1) is 5.82 Å². The highest BCUT2D eigenvalue weighted by Crippen LogP contribution is 2.16. The summed E-state index contributed by atoms with van der Waals surface area (Å²) in [5.74, 6) is -0.451. The molecule has 0 bridgehead atoms. The minimum atomic E-state index is -0.558. The molecule has 5 nitrogen and oxygen atoms in total. The van der Waals surface area contributed by atoms with Crippen LogP contribution in [0.15, 0.2) is 54.6 Å². The monoisotopic (exact) mass is 358 g/mol. The highest BCUT2D eigenvalue weighted by atomic mass is 19.1. The van der Waals surface area contributed by atoms with Gasteiger partial charge < -0.3 is 15.0 Å². The van der Waals surface area contributed by atoms with E-state index in [2.05, 4.69) is 5.32 Å². The van der Waals surface area contributed by atoms with Crippen LogP contribution >= 0.6 is 0 Å². The molecule has 1 N–H and O–H groups in total. The van der Waals surface area contributed by atoms with E-state index in [0.717, 1.165) is 0 Å². The van der Waals surface area contributed by atoms with Crippen molar-refractivity contribution >= 4 is 17.5 Å². The molecule has 0 heterocycles. The van der Waals surface area contributed by atoms with E-state index < -0.39 is 5.54 Å². The molecule has 0 fully saturated rings. The number of hydrogen-bond acceptors (Lipinski definition) is 3. The lowest BCUT2D eigenvalue weighted by molar-refractivity contribution is -0.141. The molecule has 0 saturated heterocycles. The number of nitrogens with zero attached hydrogens (tertiary/aromatic N) is 1. The van der Waals surface area contributed by atoms with Gasteiger partial charge in [-0.15, -0.1) is 0 Å². The number of carbonyl (C=O) groups is 2. The average molecular weight is 358 g/mol. The molecule has 0 atom stereocenters. The molecule has 0 unspecified atom stereocenters. The predicted molar refractivity (Wildman–Crippen MR) is 98.4 cm³/mol. The van der Waals surface area contributed by atoms with Gasteiger partial charge in [-0.25, -0.2) is 4.39 Å². The van der Waals surface area contributed by atoms with E-state index >= 15 is 0 Å². The van der Waals surface area contributed by atoms with Gasteiger partial charge in [0.2, 0.25) is 5.91 Å². The SMILES string of the molecule is CC(C)(C)N(CC(=O)Nc1ccc(F)cc1)C(=O)COc1ccccc1. The summed E-state index contributed by atoms with van der Waals surface area (Å²) in [5, 5.41) is 2.66. The molecule has 0 aliphatic rings. The Hall–Kier alpha value is -2.89. The van der Waals surface area contributed by atoms with Gasteiger partial charge in [0.1, 0.15) is 18.1 Å². The van der Waals surface area contributed by atoms with Crippen LogP contribution in [0.25, 0.3) is 0 Å². The summed E-state index contributed by atoms with van der Waals surface area (Å²) in [4.78, 5) is 26.3. The lowest BCUT2D eigenvalue weighted by Crippen LogP contribution is -2.51. The normalized spacial score (nSPS) is 10.9. The molecule has 0 spiro atoms. The van der Waals surface area contributed by atoms with Gasteiger partial charge in [0.05, 0.1) is 0 Å². The van der Waals surface area contributed by atoms with Crippen molar-refractivity contribution in [1.82, 2.24) is 4.90 Å². The third kappa shape index (κ3) is 5.88. The molecule has 0 aromatic heterocycles. The Kier molecular flexibility index (Phi) is 6.33. The van der Waals surface area contributed by atoms with Gasteiger partial charge >= 0.3 is 0 Å². The first-order chi connectivity index (χ1) is 12.3. The molecule has 0 radical (unpaired) electrons. The van der Waals surface area contributed by atoms with Gasteiger partial charge in [-0.2, -0.15) is 0 Å². The van der Waals surface area contributed by atoms with Crippen LogP contribution < -0.4 is 10.1 Å². The zero-order chi connectivity index (χ0) is 19.2. The van der Waals surface area contributed by atoms with E-state index in [1.807, 2.05) is 39.0 Å². The van der Waals surface area contributed by atoms with Crippen LogP contribution in [0.4, 0.5) is 10.1 Å². The lowest BCUT2D eigenvalue weighted by Gasteiger charge is -2.35. The molecule has 2 amide bonds. The minimum absolute atomic E-state index is 0.127. The highest BCUT2D eigenvalue weighted by molar-refractivity contribution is 5.94. The van der Waals surface area contributed by atoms with Gasteiger partial charge in [-0.1, -0.05) is 18.2 Å². The van der Waals surface area contributed by atoms with Crippen LogP contribution in [-0.2, 0) is 9.59 Å². The maximum atomic E-state index is 12.9. The fourth-order valence-electron chi connectivity index (χ4n) is 2.32. The standard InChI is InChI=1S/C20H23FN2O3/c1-20(2,3)23(19(25)14-26-17-7-5-4-6-8-17)13-18(24)22-16-11-9-15(21)10-12-16/h4-12H,13-14H2,1-3H3,(H,22,24). The van der Waals surface area contributed by atoms with Crippen molar-refractivity contribution in [2.24, 2.45) is 0 Å². The Morgan fingerprint density at radius 3 is 2.23 bits per heavy atom. The van der Waals surface area contributed by atoms with Crippen molar-refractivity contribution in [2.45, 2.75) is 26.3 Å². The molecular weight excluding hydrogens is 335 g/mol. The zero-order valence-electron chi connectivity index (χ0n) is 15.2. The number of halogens is 1. The molecule has 2 aromatic carbocycles. The largest absolute Gasteiger partial charge is 0.484 e. The molecule has 26 heavy (non-hydrogen) atoms. The van der Waals surface area contributed by atoms with E-state index in [0.29, 0.717) is 11.4 Å². The maximum absolute atomic E-state index is 12.9. The number of amides is 2. The molecule has 6 heteroatoms. The van der Waals surface area contributed by atoms with Crippen LogP contribution in [0.3, 0.4) is 0 Å². The van der Waals surface area contributed by atoms with Crippen LogP contribution in [-0.4, -0.2) is 35.4 Å². The fourth-order valence-corrected chi connectivity index (χ4v) is 2.32. The Bertz CT molecular complexity index is 740. The Morgan fingerprint density at radius 2 is 1.65 bits per heavy atom. The molecule has 138 valence electrons. The third-order valence-electron chi connectivity index (χ3n) is 3.65. The van der Waals surface area contributed by atoms with E-state index in [9.17, 15) is 14.0 Å². The number of rotatable bonds is 6. The maximum Gasteiger partial charge on any atom is 0.261 e. The topological polar surface area (TPSA) is 58.6 Å². The summed E-state index contributed by atoms with van der Waals surface area (Å²) in [5.41, 5.74) is -0.0877. The van der Waals surface area contributed by atoms with E-state index in [-0.39, 0.29) is 30.8 Å². The fraction of sp³-hybridized carbons (Fsp3) is 0.300. The first kappa shape index (κ1) is 19.4. The molecule has 0 aliphatic heterocycles. The number of carbonyl (C=O) groups excluding carboxylic acids is 2. The van der Waals surface area contributed by atoms with Crippen molar-refractivity contribution in [3.05, 3.63) is 60.4 Å². The Labute approximate surface area is 152 Å². The predicted octanol–water partition coefficient (Wildman–Crippen LogP) is 3.47. The zero-order valence-corrected chi connectivity index (χ0v) is 15.2. The van der Waals surface area contributed by atoms with Crippen molar-refractivity contribution in [2.75, 3.05) is 18.5 Å². The number of ether oxygens (including phenoxy) is 1. The van der Waals surface area contributed by atoms with Crippen molar-refractivity contribution in [1.29, 1.82) is 0 Å². The second-order valence-corrected chi connectivity index (χ2v) is 6.81. The number of hydrogen-bond donors (Lipinski definition) is 1. The average Bonchev–Trinajstić information content (AvgIpc) is 2.59. The minimum Gasteiger partial charge on any atom is -0.484 e. The van der Waals surface area contributed by atoms with Gasteiger partial charge in [0.25, 0.3) is 5.91 Å². The first-order valence-corrected chi connectivity index (χ1v) is 8.29. The molecular formula is C20H23FN2O3. The Morgan fingerprint density at radius 1 is 1.04 bits per heavy atom. The van der Waals surface area contributed by atoms with Crippen molar-refractivity contribution in [3.63, 3.8) is 0 Å². The van der Waals surface area contributed by atoms with Crippen molar-refractivity contribution < 1.29 is 18.7 Å². The molecule has 0 saturated carbocycles. The smallest absolute Gasteiger partial charge is 0.261 e. The van der Waals surface area contributed by atoms with E-state index in [1.165, 1.54) is 29.2 Å². The number of para-hydroxylation sites is 1. The summed E-state index contributed by atoms with van der Waals surface area (Å²) < 4.78 is 18.4. The number of anilines is 1. The summed E-state index contributed by atoms with van der Waals surface area (Å²) in [7, 11) is 0. The highest BCUT2D eigenvalue weighted by Gasteiger charge is 2.28. The Balaban J connectivity index is 1.98. The first-order valence-electron chi connectivity index (χ1n) is 8.29. The summed E-state index contributed by atoms with van der Waals surface area (Å²) >= 11 is 0. The second kappa shape index (κ2) is 8.47. The van der Waals surface area contributed by atoms with Crippen LogP contribution in [0.2, 0.25) is 0 Å². The summed E-state index contributed by atoms with van der Waals surface area (Å²) in [6.07, 6.45) is 0. The van der Waals surface area contributed by atoms with Gasteiger partial charge in [0, 0.05) is 11.2 Å². The van der Waals surface area contributed by atoms with Crippen LogP contribution in [0.5, 0.6) is 5.75 Å². The molecule has 0 aliphatic carbocycles. The third-order valence-corrected chi connectivity index (χ3v) is 3.65. The van der Waals surface area contributed by atoms with Gasteiger partial charge in [-0.3, -0.25) is 9.59 Å². The van der Waals surface area contributed by atoms with Gasteiger partial charge in [0.15, 0.2) is 6.61 Å².